The first-order chi connectivity index (χ1) is 12.3. The van der Waals surface area contributed by atoms with E-state index in [1.54, 1.807) is 7.11 Å². The van der Waals surface area contributed by atoms with E-state index in [-0.39, 0.29) is 11.9 Å². The molecule has 1 amide bonds. The van der Waals surface area contributed by atoms with Gasteiger partial charge in [0.15, 0.2) is 0 Å². The summed E-state index contributed by atoms with van der Waals surface area (Å²) >= 11 is 0. The standard InChI is InChI=1S/C22H25NO2/c1-25-15-16-9-11-18(12-10-16)22(24)23(19-13-14-19)21-8-4-6-17-5-2-3-7-20(17)21/h2-3,5,7,9-12,19,21H,4,6,8,13-15H2,1H3. The molecule has 0 radical (unpaired) electrons. The third-order valence-corrected chi connectivity index (χ3v) is 5.36. The fourth-order valence-electron chi connectivity index (χ4n) is 3.99. The Balaban J connectivity index is 1.63. The number of fused-ring (bicyclic) bond motifs is 1. The summed E-state index contributed by atoms with van der Waals surface area (Å²) in [5.41, 5.74) is 4.65. The molecule has 1 unspecified atom stereocenters. The van der Waals surface area contributed by atoms with E-state index in [1.165, 1.54) is 11.1 Å². The van der Waals surface area contributed by atoms with Crippen LogP contribution in [0.25, 0.3) is 0 Å². The molecule has 0 saturated heterocycles. The highest BCUT2D eigenvalue weighted by Crippen LogP contribution is 2.41. The Labute approximate surface area is 149 Å². The minimum Gasteiger partial charge on any atom is -0.380 e. The number of nitrogens with zero attached hydrogens (tertiary/aromatic N) is 1. The number of rotatable bonds is 5. The molecule has 3 heteroatoms. The number of hydrogen-bond donors (Lipinski definition) is 0. The van der Waals surface area contributed by atoms with Gasteiger partial charge in [-0.2, -0.15) is 0 Å². The molecular weight excluding hydrogens is 310 g/mol. The van der Waals surface area contributed by atoms with Gasteiger partial charge in [0.1, 0.15) is 0 Å². The number of carbonyl (C=O) groups is 1. The molecule has 1 atom stereocenters. The lowest BCUT2D eigenvalue weighted by Crippen LogP contribution is -2.38. The van der Waals surface area contributed by atoms with Crippen LogP contribution in [0, 0.1) is 0 Å². The van der Waals surface area contributed by atoms with Crippen molar-refractivity contribution in [2.45, 2.75) is 50.8 Å². The van der Waals surface area contributed by atoms with Gasteiger partial charge in [0.2, 0.25) is 0 Å². The predicted octanol–water partition coefficient (Wildman–Crippen LogP) is 4.52. The van der Waals surface area contributed by atoms with E-state index in [0.29, 0.717) is 12.6 Å². The third kappa shape index (κ3) is 3.34. The lowest BCUT2D eigenvalue weighted by atomic mass is 9.86. The number of hydrogen-bond acceptors (Lipinski definition) is 2. The van der Waals surface area contributed by atoms with E-state index in [9.17, 15) is 4.79 Å². The zero-order chi connectivity index (χ0) is 17.2. The third-order valence-electron chi connectivity index (χ3n) is 5.36. The summed E-state index contributed by atoms with van der Waals surface area (Å²) in [6.45, 7) is 0.580. The van der Waals surface area contributed by atoms with Gasteiger partial charge in [0, 0.05) is 18.7 Å². The second-order valence-electron chi connectivity index (χ2n) is 7.18. The van der Waals surface area contributed by atoms with Gasteiger partial charge < -0.3 is 9.64 Å². The number of carbonyl (C=O) groups excluding carboxylic acids is 1. The zero-order valence-corrected chi connectivity index (χ0v) is 14.8. The molecule has 0 aromatic heterocycles. The molecule has 1 fully saturated rings. The largest absolute Gasteiger partial charge is 0.380 e. The Bertz CT molecular complexity index is 749. The zero-order valence-electron chi connectivity index (χ0n) is 14.8. The second kappa shape index (κ2) is 7.01. The Morgan fingerprint density at radius 3 is 2.56 bits per heavy atom. The molecule has 1 saturated carbocycles. The average molecular weight is 335 g/mol. The average Bonchev–Trinajstić information content (AvgIpc) is 3.48. The van der Waals surface area contributed by atoms with E-state index >= 15 is 0 Å². The molecule has 2 aliphatic rings. The maximum atomic E-state index is 13.3. The van der Waals surface area contributed by atoms with Gasteiger partial charge >= 0.3 is 0 Å². The van der Waals surface area contributed by atoms with Crippen LogP contribution in [0.1, 0.15) is 58.8 Å². The van der Waals surface area contributed by atoms with Gasteiger partial charge in [-0.1, -0.05) is 36.4 Å². The molecule has 0 heterocycles. The van der Waals surface area contributed by atoms with Gasteiger partial charge in [-0.05, 0) is 60.9 Å². The van der Waals surface area contributed by atoms with Crippen molar-refractivity contribution >= 4 is 5.91 Å². The molecular formula is C22H25NO2. The maximum absolute atomic E-state index is 13.3. The maximum Gasteiger partial charge on any atom is 0.254 e. The van der Waals surface area contributed by atoms with Crippen LogP contribution < -0.4 is 0 Å². The van der Waals surface area contributed by atoms with E-state index < -0.39 is 0 Å². The summed E-state index contributed by atoms with van der Waals surface area (Å²) in [7, 11) is 1.69. The summed E-state index contributed by atoms with van der Waals surface area (Å²) in [5, 5.41) is 0. The molecule has 130 valence electrons. The summed E-state index contributed by atoms with van der Waals surface area (Å²) in [5.74, 6) is 0.174. The first kappa shape index (κ1) is 16.3. The van der Waals surface area contributed by atoms with Gasteiger partial charge in [0.25, 0.3) is 5.91 Å². The monoisotopic (exact) mass is 335 g/mol. The van der Waals surface area contributed by atoms with Crippen LogP contribution >= 0.6 is 0 Å². The number of methoxy groups -OCH3 is 1. The van der Waals surface area contributed by atoms with Gasteiger partial charge in [-0.25, -0.2) is 0 Å². The Kier molecular flexibility index (Phi) is 4.58. The molecule has 2 aromatic rings. The van der Waals surface area contributed by atoms with Crippen LogP contribution in [0.15, 0.2) is 48.5 Å². The number of ether oxygens (including phenoxy) is 1. The van der Waals surface area contributed by atoms with Crippen molar-refractivity contribution < 1.29 is 9.53 Å². The molecule has 0 N–H and O–H groups in total. The normalized spacial score (nSPS) is 19.3. The van der Waals surface area contributed by atoms with E-state index in [0.717, 1.165) is 43.2 Å². The lowest BCUT2D eigenvalue weighted by molar-refractivity contribution is 0.0638. The smallest absolute Gasteiger partial charge is 0.254 e. The van der Waals surface area contributed by atoms with Crippen molar-refractivity contribution in [3.05, 3.63) is 70.8 Å². The quantitative estimate of drug-likeness (QED) is 0.804. The van der Waals surface area contributed by atoms with Crippen LogP contribution in [0.2, 0.25) is 0 Å². The van der Waals surface area contributed by atoms with Crippen molar-refractivity contribution in [1.82, 2.24) is 4.90 Å². The highest BCUT2D eigenvalue weighted by molar-refractivity contribution is 5.95. The number of aryl methyl sites for hydroxylation is 1. The minimum absolute atomic E-state index is 0.174. The van der Waals surface area contributed by atoms with Crippen molar-refractivity contribution in [3.63, 3.8) is 0 Å². The van der Waals surface area contributed by atoms with Gasteiger partial charge in [0.05, 0.1) is 12.6 Å². The number of amides is 1. The highest BCUT2D eigenvalue weighted by Gasteiger charge is 2.39. The molecule has 25 heavy (non-hydrogen) atoms. The molecule has 0 spiro atoms. The Morgan fingerprint density at radius 1 is 1.08 bits per heavy atom. The van der Waals surface area contributed by atoms with Crippen molar-refractivity contribution in [2.75, 3.05) is 7.11 Å². The fourth-order valence-corrected chi connectivity index (χ4v) is 3.99. The topological polar surface area (TPSA) is 29.5 Å². The van der Waals surface area contributed by atoms with Crippen molar-refractivity contribution in [3.8, 4) is 0 Å². The van der Waals surface area contributed by atoms with Crippen LogP contribution in [-0.2, 0) is 17.8 Å². The van der Waals surface area contributed by atoms with Crippen molar-refractivity contribution in [2.24, 2.45) is 0 Å². The molecule has 2 aromatic carbocycles. The summed E-state index contributed by atoms with van der Waals surface area (Å²) in [4.78, 5) is 15.5. The van der Waals surface area contributed by atoms with Gasteiger partial charge in [-0.3, -0.25) is 4.79 Å². The fraction of sp³-hybridized carbons (Fsp3) is 0.409. The Morgan fingerprint density at radius 2 is 1.84 bits per heavy atom. The van der Waals surface area contributed by atoms with Crippen molar-refractivity contribution in [1.29, 1.82) is 0 Å². The van der Waals surface area contributed by atoms with Crippen LogP contribution in [0.3, 0.4) is 0 Å². The van der Waals surface area contributed by atoms with E-state index in [1.807, 2.05) is 24.3 Å². The van der Waals surface area contributed by atoms with Crippen LogP contribution in [0.4, 0.5) is 0 Å². The molecule has 3 nitrogen and oxygen atoms in total. The predicted molar refractivity (Wildman–Crippen MR) is 98.5 cm³/mol. The van der Waals surface area contributed by atoms with Crippen LogP contribution in [-0.4, -0.2) is 24.0 Å². The summed E-state index contributed by atoms with van der Waals surface area (Å²) in [6, 6.07) is 17.2. The highest BCUT2D eigenvalue weighted by atomic mass is 16.5. The molecule has 4 rings (SSSR count). The molecule has 2 aliphatic carbocycles. The Hall–Kier alpha value is -2.13. The summed E-state index contributed by atoms with van der Waals surface area (Å²) < 4.78 is 5.16. The first-order valence-corrected chi connectivity index (χ1v) is 9.26. The van der Waals surface area contributed by atoms with E-state index in [4.69, 9.17) is 4.74 Å². The van der Waals surface area contributed by atoms with E-state index in [2.05, 4.69) is 29.2 Å². The van der Waals surface area contributed by atoms with Gasteiger partial charge in [-0.15, -0.1) is 0 Å². The SMILES string of the molecule is COCc1ccc(C(=O)N(C2CC2)C2CCCc3ccccc32)cc1. The lowest BCUT2D eigenvalue weighted by Gasteiger charge is -2.36. The minimum atomic E-state index is 0.174. The summed E-state index contributed by atoms with van der Waals surface area (Å²) in [6.07, 6.45) is 5.62. The van der Waals surface area contributed by atoms with Crippen LogP contribution in [0.5, 0.6) is 0 Å². The second-order valence-corrected chi connectivity index (χ2v) is 7.18. The molecule has 0 bridgehead atoms. The first-order valence-electron chi connectivity index (χ1n) is 9.26. The molecule has 0 aliphatic heterocycles. The number of benzene rings is 2.